The normalized spacial score (nSPS) is 14.5. The third-order valence-electron chi connectivity index (χ3n) is 3.53. The molecule has 110 valence electrons. The molecule has 2 aromatic rings. The Morgan fingerprint density at radius 1 is 1.33 bits per heavy atom. The summed E-state index contributed by atoms with van der Waals surface area (Å²) in [4.78, 5) is 15.1. The molecule has 0 amide bonds. The third kappa shape index (κ3) is 3.07. The molecule has 0 fully saturated rings. The summed E-state index contributed by atoms with van der Waals surface area (Å²) in [5, 5.41) is 18.5. The number of aromatic nitrogens is 4. The van der Waals surface area contributed by atoms with Crippen molar-refractivity contribution in [1.29, 1.82) is 0 Å². The predicted molar refractivity (Wildman–Crippen MR) is 78.3 cm³/mol. The van der Waals surface area contributed by atoms with Crippen molar-refractivity contribution in [3.63, 3.8) is 0 Å². The molecular weight excluding hydrogens is 288 g/mol. The number of carboxylic acid groups (broad SMARTS) is 1. The first-order valence-electron chi connectivity index (χ1n) is 6.98. The summed E-state index contributed by atoms with van der Waals surface area (Å²) >= 11 is 1.52. The highest BCUT2D eigenvalue weighted by Gasteiger charge is 2.17. The van der Waals surface area contributed by atoms with E-state index in [1.165, 1.54) is 24.4 Å². The summed E-state index contributed by atoms with van der Waals surface area (Å²) in [5.41, 5.74) is 0.821. The Bertz CT molecular complexity index is 656. The first-order valence-corrected chi connectivity index (χ1v) is 7.96. The maximum Gasteiger partial charge on any atom is 0.354 e. The van der Waals surface area contributed by atoms with Gasteiger partial charge in [0.05, 0.1) is 0 Å². The van der Waals surface area contributed by atoms with Crippen molar-refractivity contribution in [2.24, 2.45) is 0 Å². The fraction of sp³-hybridized carbons (Fsp3) is 0.429. The van der Waals surface area contributed by atoms with Crippen LogP contribution in [0.1, 0.15) is 41.1 Å². The van der Waals surface area contributed by atoms with E-state index in [9.17, 15) is 4.79 Å². The van der Waals surface area contributed by atoms with Crippen LogP contribution in [0, 0.1) is 0 Å². The summed E-state index contributed by atoms with van der Waals surface area (Å²) in [6.07, 6.45) is 6.00. The van der Waals surface area contributed by atoms with Gasteiger partial charge in [-0.1, -0.05) is 24.2 Å². The minimum atomic E-state index is -0.994. The van der Waals surface area contributed by atoms with Crippen molar-refractivity contribution < 1.29 is 9.90 Å². The maximum atomic E-state index is 11.2. The molecule has 1 N–H and O–H groups in total. The molecule has 0 bridgehead atoms. The molecule has 0 aliphatic carbocycles. The monoisotopic (exact) mass is 304 g/mol. The average Bonchev–Trinajstić information content (AvgIpc) is 2.72. The van der Waals surface area contributed by atoms with E-state index in [0.717, 1.165) is 36.8 Å². The lowest BCUT2D eigenvalue weighted by Gasteiger charge is -2.07. The summed E-state index contributed by atoms with van der Waals surface area (Å²) < 4.78 is 2.16. The smallest absolute Gasteiger partial charge is 0.354 e. The lowest BCUT2D eigenvalue weighted by atomic mass is 10.2. The number of carbonyl (C=O) groups is 1. The zero-order valence-electron chi connectivity index (χ0n) is 11.5. The Kier molecular flexibility index (Phi) is 4.19. The van der Waals surface area contributed by atoms with Gasteiger partial charge in [-0.2, -0.15) is 0 Å². The van der Waals surface area contributed by atoms with Gasteiger partial charge in [0.2, 0.25) is 0 Å². The molecule has 7 heteroatoms. The van der Waals surface area contributed by atoms with E-state index in [1.807, 2.05) is 0 Å². The van der Waals surface area contributed by atoms with E-state index in [2.05, 4.69) is 19.7 Å². The van der Waals surface area contributed by atoms with Crippen LogP contribution in [0.4, 0.5) is 0 Å². The van der Waals surface area contributed by atoms with Crippen molar-refractivity contribution in [1.82, 2.24) is 19.7 Å². The predicted octanol–water partition coefficient (Wildman–Crippen LogP) is 2.39. The Morgan fingerprint density at radius 2 is 2.24 bits per heavy atom. The summed E-state index contributed by atoms with van der Waals surface area (Å²) in [6.45, 7) is 0.948. The van der Waals surface area contributed by atoms with E-state index in [1.54, 1.807) is 12.1 Å². The molecule has 0 spiro atoms. The van der Waals surface area contributed by atoms with Gasteiger partial charge in [-0.05, 0) is 24.5 Å². The van der Waals surface area contributed by atoms with Gasteiger partial charge in [0.25, 0.3) is 0 Å². The topological polar surface area (TPSA) is 80.9 Å². The molecular formula is C14H16N4O2S. The van der Waals surface area contributed by atoms with E-state index in [4.69, 9.17) is 5.11 Å². The molecule has 3 heterocycles. The van der Waals surface area contributed by atoms with Crippen LogP contribution in [-0.2, 0) is 18.7 Å². The highest BCUT2D eigenvalue weighted by atomic mass is 32.2. The Labute approximate surface area is 126 Å². The largest absolute Gasteiger partial charge is 0.477 e. The van der Waals surface area contributed by atoms with E-state index < -0.39 is 5.97 Å². The van der Waals surface area contributed by atoms with E-state index >= 15 is 0 Å². The molecule has 0 atom stereocenters. The molecule has 21 heavy (non-hydrogen) atoms. The molecule has 0 radical (unpaired) electrons. The quantitative estimate of drug-likeness (QED) is 0.874. The summed E-state index contributed by atoms with van der Waals surface area (Å²) in [7, 11) is 0. The number of hydrogen-bond donors (Lipinski definition) is 1. The first kappa shape index (κ1) is 14.1. The number of pyridine rings is 1. The van der Waals surface area contributed by atoms with Gasteiger partial charge in [0, 0.05) is 24.9 Å². The zero-order valence-corrected chi connectivity index (χ0v) is 12.3. The van der Waals surface area contributed by atoms with Crippen LogP contribution in [0.5, 0.6) is 0 Å². The molecule has 1 aliphatic rings. The van der Waals surface area contributed by atoms with Gasteiger partial charge >= 0.3 is 5.97 Å². The fourth-order valence-electron chi connectivity index (χ4n) is 2.46. The van der Waals surface area contributed by atoms with Gasteiger partial charge in [-0.3, -0.25) is 0 Å². The van der Waals surface area contributed by atoms with Crippen LogP contribution < -0.4 is 0 Å². The van der Waals surface area contributed by atoms with Gasteiger partial charge in [0.15, 0.2) is 10.9 Å². The minimum absolute atomic E-state index is 0.112. The third-order valence-corrected chi connectivity index (χ3v) is 4.54. The Hall–Kier alpha value is -1.89. The summed E-state index contributed by atoms with van der Waals surface area (Å²) in [6, 6.07) is 3.55. The molecule has 1 aliphatic heterocycles. The van der Waals surface area contributed by atoms with Gasteiger partial charge in [-0.15, -0.1) is 10.2 Å². The minimum Gasteiger partial charge on any atom is -0.477 e. The Morgan fingerprint density at radius 3 is 3.10 bits per heavy atom. The molecule has 0 saturated heterocycles. The maximum absolute atomic E-state index is 11.2. The van der Waals surface area contributed by atoms with Gasteiger partial charge in [-0.25, -0.2) is 9.78 Å². The number of rotatable bonds is 4. The second-order valence-electron chi connectivity index (χ2n) is 4.97. The number of fused-ring (bicyclic) bond motifs is 1. The van der Waals surface area contributed by atoms with Crippen LogP contribution in [0.15, 0.2) is 23.5 Å². The SMILES string of the molecule is O=C(O)c1ncccc1CSc1nnc2n1CCCCC2. The van der Waals surface area contributed by atoms with Crippen LogP contribution in [0.25, 0.3) is 0 Å². The number of nitrogens with zero attached hydrogens (tertiary/aromatic N) is 4. The first-order chi connectivity index (χ1) is 10.3. The van der Waals surface area contributed by atoms with Crippen LogP contribution in [-0.4, -0.2) is 30.8 Å². The molecule has 6 nitrogen and oxygen atoms in total. The van der Waals surface area contributed by atoms with Crippen molar-refractivity contribution in [2.75, 3.05) is 0 Å². The van der Waals surface area contributed by atoms with Crippen molar-refractivity contribution in [3.8, 4) is 0 Å². The molecule has 0 aromatic carbocycles. The fourth-order valence-corrected chi connectivity index (χ4v) is 3.42. The molecule has 0 unspecified atom stereocenters. The molecule has 2 aromatic heterocycles. The lowest BCUT2D eigenvalue weighted by Crippen LogP contribution is -2.05. The average molecular weight is 304 g/mol. The van der Waals surface area contributed by atoms with E-state index in [-0.39, 0.29) is 5.69 Å². The molecule has 0 saturated carbocycles. The number of aromatic carboxylic acids is 1. The lowest BCUT2D eigenvalue weighted by molar-refractivity contribution is 0.0689. The van der Waals surface area contributed by atoms with Crippen molar-refractivity contribution in [3.05, 3.63) is 35.4 Å². The highest BCUT2D eigenvalue weighted by Crippen LogP contribution is 2.25. The zero-order chi connectivity index (χ0) is 14.7. The number of thioether (sulfide) groups is 1. The second kappa shape index (κ2) is 6.26. The van der Waals surface area contributed by atoms with E-state index in [0.29, 0.717) is 11.3 Å². The van der Waals surface area contributed by atoms with Crippen LogP contribution in [0.3, 0.4) is 0 Å². The number of carboxylic acids is 1. The van der Waals surface area contributed by atoms with Crippen LogP contribution >= 0.6 is 11.8 Å². The second-order valence-corrected chi connectivity index (χ2v) is 5.91. The van der Waals surface area contributed by atoms with Gasteiger partial charge < -0.3 is 9.67 Å². The molecule has 3 rings (SSSR count). The van der Waals surface area contributed by atoms with Crippen LogP contribution in [0.2, 0.25) is 0 Å². The summed E-state index contributed by atoms with van der Waals surface area (Å²) in [5.74, 6) is 0.582. The van der Waals surface area contributed by atoms with Crippen molar-refractivity contribution in [2.45, 2.75) is 43.1 Å². The number of hydrogen-bond acceptors (Lipinski definition) is 5. The van der Waals surface area contributed by atoms with Gasteiger partial charge in [0.1, 0.15) is 5.82 Å². The number of aryl methyl sites for hydroxylation is 1. The highest BCUT2D eigenvalue weighted by molar-refractivity contribution is 7.98. The Balaban J connectivity index is 1.77. The standard InChI is InChI=1S/C14H16N4O2S/c19-13(20)12-10(5-4-7-15-12)9-21-14-17-16-11-6-2-1-3-8-18(11)14/h4-5,7H,1-3,6,8-9H2,(H,19,20). The van der Waals surface area contributed by atoms with Crippen molar-refractivity contribution >= 4 is 17.7 Å².